The molecule has 0 radical (unpaired) electrons. The topological polar surface area (TPSA) is 79.5 Å². The van der Waals surface area contributed by atoms with E-state index in [2.05, 4.69) is 9.97 Å². The fraction of sp³-hybridized carbons (Fsp3) is 0.130. The molecule has 0 saturated heterocycles. The molecule has 150 valence electrons. The molecule has 0 saturated carbocycles. The van der Waals surface area contributed by atoms with E-state index in [0.717, 1.165) is 21.9 Å². The van der Waals surface area contributed by atoms with Gasteiger partial charge < -0.3 is 19.9 Å². The molecule has 1 aliphatic heterocycles. The molecule has 2 heterocycles. The Morgan fingerprint density at radius 2 is 1.73 bits per heavy atom. The van der Waals surface area contributed by atoms with Gasteiger partial charge in [0.1, 0.15) is 17.9 Å². The summed E-state index contributed by atoms with van der Waals surface area (Å²) in [5, 5.41) is 2.46. The van der Waals surface area contributed by atoms with Crippen LogP contribution in [0.3, 0.4) is 0 Å². The van der Waals surface area contributed by atoms with Crippen molar-refractivity contribution < 1.29 is 14.2 Å². The van der Waals surface area contributed by atoms with Crippen LogP contribution < -0.4 is 19.9 Å². The first kappa shape index (κ1) is 18.5. The molecule has 2 N–H and O–H groups in total. The van der Waals surface area contributed by atoms with Crippen LogP contribution in [-0.2, 0) is 0 Å². The van der Waals surface area contributed by atoms with Crippen molar-refractivity contribution in [3.05, 3.63) is 76.6 Å². The van der Waals surface area contributed by atoms with E-state index in [9.17, 15) is 0 Å². The van der Waals surface area contributed by atoms with Crippen LogP contribution in [0, 0.1) is 0 Å². The van der Waals surface area contributed by atoms with Gasteiger partial charge in [0.15, 0.2) is 11.5 Å². The smallest absolute Gasteiger partial charge is 0.228 e. The maximum Gasteiger partial charge on any atom is 0.228 e. The third-order valence-electron chi connectivity index (χ3n) is 5.39. The summed E-state index contributed by atoms with van der Waals surface area (Å²) in [7, 11) is 3.21. The lowest BCUT2D eigenvalue weighted by Gasteiger charge is -2.30. The zero-order valence-electron chi connectivity index (χ0n) is 16.3. The minimum atomic E-state index is -0.285. The summed E-state index contributed by atoms with van der Waals surface area (Å²) in [6, 6.07) is 15.6. The van der Waals surface area contributed by atoms with Gasteiger partial charge in [-0.15, -0.1) is 0 Å². The second-order valence-electron chi connectivity index (χ2n) is 6.95. The van der Waals surface area contributed by atoms with E-state index in [1.54, 1.807) is 14.2 Å². The van der Waals surface area contributed by atoms with E-state index >= 15 is 0 Å². The lowest BCUT2D eigenvalue weighted by molar-refractivity contribution is 0.354. The third kappa shape index (κ3) is 2.72. The molecule has 1 aromatic heterocycles. The van der Waals surface area contributed by atoms with Crippen LogP contribution in [0.25, 0.3) is 10.8 Å². The van der Waals surface area contributed by atoms with Crippen LogP contribution in [0.4, 0.5) is 5.82 Å². The third-order valence-corrected chi connectivity index (χ3v) is 5.70. The van der Waals surface area contributed by atoms with E-state index in [4.69, 9.17) is 31.5 Å². The molecule has 0 aliphatic carbocycles. The van der Waals surface area contributed by atoms with Crippen LogP contribution in [-0.4, -0.2) is 24.2 Å². The largest absolute Gasteiger partial charge is 0.493 e. The highest BCUT2D eigenvalue weighted by molar-refractivity contribution is 6.36. The van der Waals surface area contributed by atoms with Gasteiger partial charge in [-0.25, -0.2) is 9.97 Å². The SMILES string of the molecule is COc1ccc([C@@H]2c3cc(Cl)c4ccccc4c3Oc3ncnc(N)c32)cc1OC. The monoisotopic (exact) mass is 419 g/mol. The Balaban J connectivity index is 1.83. The molecule has 0 fully saturated rings. The summed E-state index contributed by atoms with van der Waals surface area (Å²) < 4.78 is 17.2. The van der Waals surface area contributed by atoms with Gasteiger partial charge in [0, 0.05) is 27.3 Å². The maximum absolute atomic E-state index is 6.66. The number of aromatic nitrogens is 2. The molecule has 1 atom stereocenters. The fourth-order valence-electron chi connectivity index (χ4n) is 4.03. The number of fused-ring (bicyclic) bond motifs is 4. The average Bonchev–Trinajstić information content (AvgIpc) is 2.78. The van der Waals surface area contributed by atoms with Gasteiger partial charge in [-0.3, -0.25) is 0 Å². The van der Waals surface area contributed by atoms with Gasteiger partial charge in [-0.05, 0) is 23.8 Å². The highest BCUT2D eigenvalue weighted by Gasteiger charge is 2.34. The first-order valence-electron chi connectivity index (χ1n) is 9.33. The number of rotatable bonds is 3. The summed E-state index contributed by atoms with van der Waals surface area (Å²) in [5.41, 5.74) is 8.81. The van der Waals surface area contributed by atoms with Gasteiger partial charge >= 0.3 is 0 Å². The summed E-state index contributed by atoms with van der Waals surface area (Å²) in [4.78, 5) is 8.56. The van der Waals surface area contributed by atoms with Gasteiger partial charge in [-0.2, -0.15) is 0 Å². The number of ether oxygens (including phenoxy) is 3. The number of nitrogens with two attached hydrogens (primary N) is 1. The second kappa shape index (κ2) is 7.07. The number of benzene rings is 3. The normalized spacial score (nSPS) is 14.6. The van der Waals surface area contributed by atoms with Crippen LogP contribution in [0.2, 0.25) is 5.02 Å². The summed E-state index contributed by atoms with van der Waals surface area (Å²) in [6.07, 6.45) is 1.41. The molecular weight excluding hydrogens is 402 g/mol. The van der Waals surface area contributed by atoms with Gasteiger partial charge in [0.25, 0.3) is 0 Å². The standard InChI is InChI=1S/C23H18ClN3O3/c1-28-17-8-7-12(9-18(17)29-2)19-15-10-16(24)13-5-3-4-6-14(13)21(15)30-23-20(19)22(25)26-11-27-23/h3-11,19H,1-2H3,(H2,25,26,27)/t19-/m1/s1. The minimum Gasteiger partial charge on any atom is -0.493 e. The fourth-order valence-corrected chi connectivity index (χ4v) is 4.31. The Hall–Kier alpha value is -3.51. The summed E-state index contributed by atoms with van der Waals surface area (Å²) in [6.45, 7) is 0. The Morgan fingerprint density at radius 1 is 0.967 bits per heavy atom. The van der Waals surface area contributed by atoms with Crippen LogP contribution in [0.15, 0.2) is 54.9 Å². The maximum atomic E-state index is 6.66. The molecule has 5 rings (SSSR count). The van der Waals surface area contributed by atoms with Crippen molar-refractivity contribution in [2.45, 2.75) is 5.92 Å². The molecule has 0 spiro atoms. The number of halogens is 1. The molecular formula is C23H18ClN3O3. The number of methoxy groups -OCH3 is 2. The number of anilines is 1. The lowest BCUT2D eigenvalue weighted by atomic mass is 9.82. The predicted octanol–water partition coefficient (Wildman–Crippen LogP) is 5.17. The molecule has 7 heteroatoms. The molecule has 0 amide bonds. The van der Waals surface area contributed by atoms with E-state index in [1.165, 1.54) is 6.33 Å². The molecule has 30 heavy (non-hydrogen) atoms. The van der Waals surface area contributed by atoms with Crippen molar-refractivity contribution in [2.75, 3.05) is 20.0 Å². The number of hydrogen-bond donors (Lipinski definition) is 1. The predicted molar refractivity (Wildman–Crippen MR) is 116 cm³/mol. The van der Waals surface area contributed by atoms with E-state index < -0.39 is 0 Å². The van der Waals surface area contributed by atoms with Crippen molar-refractivity contribution >= 4 is 28.2 Å². The molecule has 1 aliphatic rings. The molecule has 4 aromatic rings. The van der Waals surface area contributed by atoms with E-state index in [1.807, 2.05) is 48.5 Å². The van der Waals surface area contributed by atoms with Crippen LogP contribution >= 0.6 is 11.6 Å². The quantitative estimate of drug-likeness (QED) is 0.434. The Kier molecular flexibility index (Phi) is 4.37. The van der Waals surface area contributed by atoms with Crippen molar-refractivity contribution in [3.63, 3.8) is 0 Å². The van der Waals surface area contributed by atoms with E-state index in [0.29, 0.717) is 39.5 Å². The van der Waals surface area contributed by atoms with E-state index in [-0.39, 0.29) is 5.92 Å². The minimum absolute atomic E-state index is 0.285. The summed E-state index contributed by atoms with van der Waals surface area (Å²) in [5.74, 6) is 2.47. The van der Waals surface area contributed by atoms with Crippen molar-refractivity contribution in [1.29, 1.82) is 0 Å². The van der Waals surface area contributed by atoms with Crippen LogP contribution in [0.1, 0.15) is 22.6 Å². The molecule has 0 bridgehead atoms. The second-order valence-corrected chi connectivity index (χ2v) is 7.36. The Bertz CT molecular complexity index is 1290. The molecule has 6 nitrogen and oxygen atoms in total. The Morgan fingerprint density at radius 3 is 2.50 bits per heavy atom. The van der Waals surface area contributed by atoms with Crippen molar-refractivity contribution in [1.82, 2.24) is 9.97 Å². The molecule has 3 aromatic carbocycles. The highest BCUT2D eigenvalue weighted by Crippen LogP contribution is 2.52. The van der Waals surface area contributed by atoms with Gasteiger partial charge in [0.2, 0.25) is 5.88 Å². The van der Waals surface area contributed by atoms with Crippen molar-refractivity contribution in [2.24, 2.45) is 0 Å². The van der Waals surface area contributed by atoms with Crippen molar-refractivity contribution in [3.8, 4) is 23.1 Å². The van der Waals surface area contributed by atoms with Crippen LogP contribution in [0.5, 0.6) is 23.1 Å². The number of nitrogens with zero attached hydrogens (tertiary/aromatic N) is 2. The molecule has 0 unspecified atom stereocenters. The first-order chi connectivity index (χ1) is 14.6. The lowest BCUT2D eigenvalue weighted by Crippen LogP contribution is -2.16. The first-order valence-corrected chi connectivity index (χ1v) is 9.71. The zero-order valence-corrected chi connectivity index (χ0v) is 17.1. The number of hydrogen-bond acceptors (Lipinski definition) is 6. The zero-order chi connectivity index (χ0) is 20.8. The van der Waals surface area contributed by atoms with Gasteiger partial charge in [-0.1, -0.05) is 41.9 Å². The number of nitrogen functional groups attached to an aromatic ring is 1. The highest BCUT2D eigenvalue weighted by atomic mass is 35.5. The van der Waals surface area contributed by atoms with Gasteiger partial charge in [0.05, 0.1) is 19.8 Å². The summed E-state index contributed by atoms with van der Waals surface area (Å²) >= 11 is 6.66. The Labute approximate surface area is 178 Å². The average molecular weight is 420 g/mol.